The molecule has 0 saturated carbocycles. The SMILES string of the molecule is CC.CC.CCCCCCCCOC.CCCCCCCCOC(=O)CC(COC(=O)CCCCCCCC)CC(=O)OCC1CC(C)CN1C(=O)OCCC. The number of unbranched alkanes of at least 4 members (excludes halogenated alkanes) is 15. The maximum absolute atomic E-state index is 12.8. The molecule has 10 nitrogen and oxygen atoms in total. The Morgan fingerprint density at radius 3 is 1.55 bits per heavy atom. The first-order chi connectivity index (χ1) is 27.2. The Balaban J connectivity index is -0.00000171. The highest BCUT2D eigenvalue weighted by atomic mass is 16.6. The first-order valence-electron chi connectivity index (χ1n) is 23.1. The number of ether oxygens (including phenoxy) is 5. The summed E-state index contributed by atoms with van der Waals surface area (Å²) in [4.78, 5) is 51.7. The molecule has 0 spiro atoms. The Hall–Kier alpha value is -2.36. The first-order valence-corrected chi connectivity index (χ1v) is 23.1. The van der Waals surface area contributed by atoms with Crippen molar-refractivity contribution < 1.29 is 42.9 Å². The van der Waals surface area contributed by atoms with E-state index in [9.17, 15) is 19.2 Å². The van der Waals surface area contributed by atoms with Crippen LogP contribution in [0.15, 0.2) is 0 Å². The molecule has 334 valence electrons. The van der Waals surface area contributed by atoms with Gasteiger partial charge in [-0.1, -0.05) is 159 Å². The molecule has 1 amide bonds. The normalized spacial score (nSPS) is 14.9. The molecule has 0 aromatic heterocycles. The number of esters is 3. The van der Waals surface area contributed by atoms with Gasteiger partial charge in [-0.2, -0.15) is 0 Å². The summed E-state index contributed by atoms with van der Waals surface area (Å²) in [6.45, 7) is 20.8. The molecule has 0 aliphatic carbocycles. The number of carbonyl (C=O) groups excluding carboxylic acids is 4. The minimum absolute atomic E-state index is 0.0227. The second-order valence-electron chi connectivity index (χ2n) is 14.7. The number of methoxy groups -OCH3 is 1. The number of likely N-dealkylation sites (tertiary alicyclic amines) is 1. The third-order valence-corrected chi connectivity index (χ3v) is 9.31. The maximum atomic E-state index is 12.8. The predicted octanol–water partition coefficient (Wildman–Crippen LogP) is 12.4. The number of hydrogen-bond acceptors (Lipinski definition) is 9. The van der Waals surface area contributed by atoms with Crippen molar-refractivity contribution in [2.24, 2.45) is 11.8 Å². The average Bonchev–Trinajstić information content (AvgIpc) is 3.59. The third kappa shape index (κ3) is 37.2. The minimum atomic E-state index is -0.531. The Bertz CT molecular complexity index is 877. The molecule has 0 radical (unpaired) electrons. The van der Waals surface area contributed by atoms with E-state index in [0.717, 1.165) is 58.0 Å². The van der Waals surface area contributed by atoms with Crippen LogP contribution in [-0.4, -0.2) is 81.6 Å². The van der Waals surface area contributed by atoms with Gasteiger partial charge in [-0.3, -0.25) is 14.4 Å². The van der Waals surface area contributed by atoms with Crippen molar-refractivity contribution in [3.8, 4) is 0 Å². The van der Waals surface area contributed by atoms with Gasteiger partial charge in [0.05, 0.1) is 38.7 Å². The van der Waals surface area contributed by atoms with Gasteiger partial charge in [0.1, 0.15) is 6.61 Å². The molecule has 0 aromatic rings. The van der Waals surface area contributed by atoms with E-state index in [1.807, 2.05) is 41.5 Å². The monoisotopic (exact) mass is 802 g/mol. The topological polar surface area (TPSA) is 118 Å². The van der Waals surface area contributed by atoms with E-state index in [-0.39, 0.29) is 50.1 Å². The lowest BCUT2D eigenvalue weighted by molar-refractivity contribution is -0.154. The average molecular weight is 802 g/mol. The van der Waals surface area contributed by atoms with Gasteiger partial charge in [0, 0.05) is 32.6 Å². The van der Waals surface area contributed by atoms with Crippen molar-refractivity contribution in [2.75, 3.05) is 46.7 Å². The fourth-order valence-corrected chi connectivity index (χ4v) is 6.20. The van der Waals surface area contributed by atoms with Crippen LogP contribution in [0.4, 0.5) is 4.79 Å². The van der Waals surface area contributed by atoms with Crippen molar-refractivity contribution in [3.63, 3.8) is 0 Å². The molecular formula is C46H91NO9. The Morgan fingerprint density at radius 1 is 0.554 bits per heavy atom. The molecule has 56 heavy (non-hydrogen) atoms. The number of rotatable bonds is 31. The van der Waals surface area contributed by atoms with Crippen LogP contribution in [-0.2, 0) is 38.1 Å². The second kappa shape index (κ2) is 45.3. The summed E-state index contributed by atoms with van der Waals surface area (Å²) in [5.74, 6) is -1.45. The van der Waals surface area contributed by atoms with Crippen LogP contribution in [0.2, 0.25) is 0 Å². The molecule has 1 fully saturated rings. The summed E-state index contributed by atoms with van der Waals surface area (Å²) >= 11 is 0. The van der Waals surface area contributed by atoms with Crippen molar-refractivity contribution in [2.45, 2.75) is 216 Å². The standard InChI is InChI=1S/C33H59NO8.C9H20O.2C2H6/c1-5-8-10-12-14-16-18-30(35)41-25-28(22-31(36)39-20-17-15-13-11-9-6-2)23-32(37)42-26-29-21-27(4)24-34(29)33(38)40-19-7-3;1-3-4-5-6-7-8-9-10-2;2*1-2/h27-29H,5-26H2,1-4H3;3-9H2,1-2H3;2*1-2H3. The molecular weight excluding hydrogens is 711 g/mol. The third-order valence-electron chi connectivity index (χ3n) is 9.31. The van der Waals surface area contributed by atoms with Crippen molar-refractivity contribution in [1.82, 2.24) is 4.90 Å². The molecule has 3 atom stereocenters. The second-order valence-corrected chi connectivity index (χ2v) is 14.7. The van der Waals surface area contributed by atoms with E-state index in [1.54, 1.807) is 12.0 Å². The molecule has 3 unspecified atom stereocenters. The summed E-state index contributed by atoms with van der Waals surface area (Å²) < 4.78 is 26.7. The lowest BCUT2D eigenvalue weighted by Gasteiger charge is -2.24. The van der Waals surface area contributed by atoms with Crippen LogP contribution in [0, 0.1) is 11.8 Å². The van der Waals surface area contributed by atoms with E-state index in [0.29, 0.717) is 26.2 Å². The maximum Gasteiger partial charge on any atom is 0.410 e. The molecule has 1 rings (SSSR count). The molecule has 1 saturated heterocycles. The fourth-order valence-electron chi connectivity index (χ4n) is 6.20. The number of amides is 1. The van der Waals surface area contributed by atoms with Crippen LogP contribution >= 0.6 is 0 Å². The van der Waals surface area contributed by atoms with Crippen molar-refractivity contribution >= 4 is 24.0 Å². The molecule has 0 aromatic carbocycles. The van der Waals surface area contributed by atoms with Crippen LogP contribution < -0.4 is 0 Å². The quantitative estimate of drug-likeness (QED) is 0.0383. The fraction of sp³-hybridized carbons (Fsp3) is 0.913. The van der Waals surface area contributed by atoms with Gasteiger partial charge in [0.25, 0.3) is 0 Å². The summed E-state index contributed by atoms with van der Waals surface area (Å²) in [5.41, 5.74) is 0. The van der Waals surface area contributed by atoms with Gasteiger partial charge in [0.15, 0.2) is 0 Å². The van der Waals surface area contributed by atoms with Crippen LogP contribution in [0.5, 0.6) is 0 Å². The zero-order chi connectivity index (χ0) is 42.7. The van der Waals surface area contributed by atoms with Gasteiger partial charge >= 0.3 is 24.0 Å². The number of hydrogen-bond donors (Lipinski definition) is 0. The zero-order valence-corrected chi connectivity index (χ0v) is 38.4. The van der Waals surface area contributed by atoms with Crippen molar-refractivity contribution in [3.05, 3.63) is 0 Å². The highest BCUT2D eigenvalue weighted by Crippen LogP contribution is 2.24. The largest absolute Gasteiger partial charge is 0.466 e. The first kappa shape index (κ1) is 58.0. The Labute approximate surface area is 345 Å². The molecule has 1 aliphatic rings. The zero-order valence-electron chi connectivity index (χ0n) is 38.4. The molecule has 0 bridgehead atoms. The Kier molecular flexibility index (Phi) is 46.9. The summed E-state index contributed by atoms with van der Waals surface area (Å²) in [6.07, 6.45) is 22.4. The van der Waals surface area contributed by atoms with Crippen LogP contribution in [0.1, 0.15) is 210 Å². The van der Waals surface area contributed by atoms with Gasteiger partial charge in [0.2, 0.25) is 0 Å². The molecule has 0 N–H and O–H groups in total. The summed E-state index contributed by atoms with van der Waals surface area (Å²) in [5, 5.41) is 0. The van der Waals surface area contributed by atoms with Crippen molar-refractivity contribution in [1.29, 1.82) is 0 Å². The minimum Gasteiger partial charge on any atom is -0.466 e. The predicted molar refractivity (Wildman–Crippen MR) is 231 cm³/mol. The van der Waals surface area contributed by atoms with Gasteiger partial charge in [-0.25, -0.2) is 4.79 Å². The molecule has 1 heterocycles. The summed E-state index contributed by atoms with van der Waals surface area (Å²) in [7, 11) is 1.77. The van der Waals surface area contributed by atoms with Crippen LogP contribution in [0.3, 0.4) is 0 Å². The van der Waals surface area contributed by atoms with Gasteiger partial charge < -0.3 is 28.6 Å². The Morgan fingerprint density at radius 2 is 1.04 bits per heavy atom. The molecule has 1 aliphatic heterocycles. The summed E-state index contributed by atoms with van der Waals surface area (Å²) in [6, 6.07) is -0.246. The highest BCUT2D eigenvalue weighted by molar-refractivity contribution is 5.74. The van der Waals surface area contributed by atoms with E-state index < -0.39 is 17.9 Å². The van der Waals surface area contributed by atoms with Crippen LogP contribution in [0.25, 0.3) is 0 Å². The van der Waals surface area contributed by atoms with E-state index >= 15 is 0 Å². The molecule has 10 heteroatoms. The van der Waals surface area contributed by atoms with Gasteiger partial charge in [-0.15, -0.1) is 0 Å². The van der Waals surface area contributed by atoms with E-state index in [4.69, 9.17) is 23.7 Å². The lowest BCUT2D eigenvalue weighted by atomic mass is 10.0. The smallest absolute Gasteiger partial charge is 0.410 e. The number of carbonyl (C=O) groups is 4. The van der Waals surface area contributed by atoms with E-state index in [1.165, 1.54) is 77.0 Å². The van der Waals surface area contributed by atoms with Gasteiger partial charge in [-0.05, 0) is 38.0 Å². The van der Waals surface area contributed by atoms with E-state index in [2.05, 4.69) is 20.8 Å². The lowest BCUT2D eigenvalue weighted by Crippen LogP contribution is -2.39. The highest BCUT2D eigenvalue weighted by Gasteiger charge is 2.35. The number of nitrogens with zero attached hydrogens (tertiary/aromatic N) is 1.